The summed E-state index contributed by atoms with van der Waals surface area (Å²) in [5, 5.41) is 0. The van der Waals surface area contributed by atoms with E-state index in [1.807, 2.05) is 37.3 Å². The average Bonchev–Trinajstić information content (AvgIpc) is 2.94. The Hall–Kier alpha value is -3.30. The van der Waals surface area contributed by atoms with Gasteiger partial charge < -0.3 is 9.64 Å². The third kappa shape index (κ3) is 7.02. The molecule has 0 radical (unpaired) electrons. The van der Waals surface area contributed by atoms with E-state index in [0.717, 1.165) is 43.0 Å². The predicted octanol–water partition coefficient (Wildman–Crippen LogP) is 5.68. The Labute approximate surface area is 229 Å². The molecule has 1 aliphatic rings. The van der Waals surface area contributed by atoms with Gasteiger partial charge in [-0.1, -0.05) is 55.3 Å². The van der Waals surface area contributed by atoms with Crippen molar-refractivity contribution in [3.63, 3.8) is 0 Å². The quantitative estimate of drug-likeness (QED) is 0.406. The van der Waals surface area contributed by atoms with Crippen molar-refractivity contribution in [2.24, 2.45) is 0 Å². The number of para-hydroxylation sites is 1. The first-order valence-corrected chi connectivity index (χ1v) is 14.8. The molecule has 9 heteroatoms. The third-order valence-electron chi connectivity index (χ3n) is 6.99. The van der Waals surface area contributed by atoms with Crippen molar-refractivity contribution in [1.82, 2.24) is 9.21 Å². The molecule has 4 rings (SSSR count). The lowest BCUT2D eigenvalue weighted by Crippen LogP contribution is -2.45. The summed E-state index contributed by atoms with van der Waals surface area (Å²) in [6.45, 7) is 3.27. The van der Waals surface area contributed by atoms with Gasteiger partial charge in [0.2, 0.25) is 10.0 Å². The number of fused-ring (bicyclic) bond motifs is 1. The van der Waals surface area contributed by atoms with Crippen LogP contribution in [0.1, 0.15) is 48.5 Å². The molecule has 0 fully saturated rings. The Bertz CT molecular complexity index is 1370. The molecule has 0 aromatic heterocycles. The van der Waals surface area contributed by atoms with Crippen LogP contribution in [0.2, 0.25) is 0 Å². The summed E-state index contributed by atoms with van der Waals surface area (Å²) in [6.07, 6.45) is 3.27. The van der Waals surface area contributed by atoms with Crippen molar-refractivity contribution < 1.29 is 26.7 Å². The van der Waals surface area contributed by atoms with Crippen LogP contribution in [0.4, 0.5) is 8.78 Å². The van der Waals surface area contributed by atoms with Crippen LogP contribution in [0.15, 0.2) is 77.7 Å². The Morgan fingerprint density at radius 2 is 1.56 bits per heavy atom. The molecule has 1 atom stereocenters. The summed E-state index contributed by atoms with van der Waals surface area (Å²) in [7, 11) is -4.20. The molecule has 39 heavy (non-hydrogen) atoms. The van der Waals surface area contributed by atoms with E-state index in [-0.39, 0.29) is 24.0 Å². The van der Waals surface area contributed by atoms with Gasteiger partial charge >= 0.3 is 0 Å². The smallest absolute Gasteiger partial charge is 0.257 e. The SMILES string of the molecule is CCN1CCCCCCN(S(=O)(=O)c2ccc(F)c(F)c2)[C@H](Cc2ccccc2)COc2ccccc2C1=O. The molecule has 1 heterocycles. The first-order valence-electron chi connectivity index (χ1n) is 13.3. The van der Waals surface area contributed by atoms with Crippen LogP contribution in [0, 0.1) is 11.6 Å². The van der Waals surface area contributed by atoms with Gasteiger partial charge in [0.15, 0.2) is 11.6 Å². The predicted molar refractivity (Wildman–Crippen MR) is 146 cm³/mol. The first kappa shape index (κ1) is 28.7. The van der Waals surface area contributed by atoms with Gasteiger partial charge in [-0.05, 0) is 62.1 Å². The molecule has 0 bridgehead atoms. The molecule has 6 nitrogen and oxygen atoms in total. The first-order chi connectivity index (χ1) is 18.8. The summed E-state index contributed by atoms with van der Waals surface area (Å²) in [4.78, 5) is 14.8. The minimum absolute atomic E-state index is 0.0335. The van der Waals surface area contributed by atoms with E-state index < -0.39 is 27.7 Å². The molecule has 0 spiro atoms. The number of carbonyl (C=O) groups is 1. The van der Waals surface area contributed by atoms with E-state index in [2.05, 4.69) is 0 Å². The number of halogens is 2. The fourth-order valence-electron chi connectivity index (χ4n) is 4.85. The van der Waals surface area contributed by atoms with Gasteiger partial charge in [-0.3, -0.25) is 4.79 Å². The maximum Gasteiger partial charge on any atom is 0.257 e. The van der Waals surface area contributed by atoms with Crippen molar-refractivity contribution in [2.75, 3.05) is 26.2 Å². The van der Waals surface area contributed by atoms with Gasteiger partial charge in [-0.25, -0.2) is 17.2 Å². The summed E-state index contributed by atoms with van der Waals surface area (Å²) in [5.74, 6) is -2.08. The second kappa shape index (κ2) is 13.2. The zero-order chi connectivity index (χ0) is 27.8. The molecule has 0 saturated carbocycles. The van der Waals surface area contributed by atoms with Gasteiger partial charge in [-0.2, -0.15) is 4.31 Å². The Balaban J connectivity index is 1.75. The summed E-state index contributed by atoms with van der Waals surface area (Å²) in [5.41, 5.74) is 1.32. The third-order valence-corrected chi connectivity index (χ3v) is 8.94. The van der Waals surface area contributed by atoms with Crippen LogP contribution >= 0.6 is 0 Å². The number of sulfonamides is 1. The molecular formula is C30H34F2N2O4S. The molecule has 1 amide bonds. The zero-order valence-electron chi connectivity index (χ0n) is 22.1. The molecule has 0 saturated heterocycles. The molecular weight excluding hydrogens is 522 g/mol. The second-order valence-electron chi connectivity index (χ2n) is 9.64. The average molecular weight is 557 g/mol. The molecule has 208 valence electrons. The van der Waals surface area contributed by atoms with E-state index in [0.29, 0.717) is 37.2 Å². The number of ether oxygens (including phenoxy) is 1. The van der Waals surface area contributed by atoms with Crippen molar-refractivity contribution in [1.29, 1.82) is 0 Å². The van der Waals surface area contributed by atoms with Gasteiger partial charge in [0.25, 0.3) is 5.91 Å². The van der Waals surface area contributed by atoms with Crippen molar-refractivity contribution >= 4 is 15.9 Å². The standard InChI is InChI=1S/C30H34F2N2O4S/c1-2-33-18-10-3-4-11-19-34(39(36,37)25-16-17-27(31)28(32)21-25)24(20-23-12-6-5-7-13-23)22-38-29-15-9-8-14-26(29)30(33)35/h5-9,12-17,21,24H,2-4,10-11,18-20,22H2,1H3/t24-/m1/s1. The number of carbonyl (C=O) groups excluding carboxylic acids is 1. The number of benzene rings is 3. The summed E-state index contributed by atoms with van der Waals surface area (Å²) < 4.78 is 63.1. The maximum absolute atomic E-state index is 14.1. The molecule has 0 N–H and O–H groups in total. The van der Waals surface area contributed by atoms with E-state index in [1.54, 1.807) is 29.2 Å². The number of hydrogen-bond acceptors (Lipinski definition) is 4. The van der Waals surface area contributed by atoms with E-state index >= 15 is 0 Å². The van der Waals surface area contributed by atoms with Crippen molar-refractivity contribution in [2.45, 2.75) is 50.0 Å². The fourth-order valence-corrected chi connectivity index (χ4v) is 6.51. The lowest BCUT2D eigenvalue weighted by atomic mass is 10.1. The Morgan fingerprint density at radius 3 is 2.28 bits per heavy atom. The van der Waals surface area contributed by atoms with Crippen LogP contribution in [-0.4, -0.2) is 55.8 Å². The van der Waals surface area contributed by atoms with Gasteiger partial charge in [0.05, 0.1) is 16.5 Å². The topological polar surface area (TPSA) is 66.9 Å². The second-order valence-corrected chi connectivity index (χ2v) is 11.5. The lowest BCUT2D eigenvalue weighted by Gasteiger charge is -2.32. The molecule has 3 aromatic rings. The number of nitrogens with zero attached hydrogens (tertiary/aromatic N) is 2. The highest BCUT2D eigenvalue weighted by molar-refractivity contribution is 7.89. The number of hydrogen-bond donors (Lipinski definition) is 0. The Morgan fingerprint density at radius 1 is 0.872 bits per heavy atom. The minimum Gasteiger partial charge on any atom is -0.491 e. The molecule has 1 aliphatic heterocycles. The maximum atomic E-state index is 14.1. The zero-order valence-corrected chi connectivity index (χ0v) is 22.9. The fraction of sp³-hybridized carbons (Fsp3) is 0.367. The highest BCUT2D eigenvalue weighted by Gasteiger charge is 2.33. The Kier molecular flexibility index (Phi) is 9.69. The number of amides is 1. The molecule has 0 unspecified atom stereocenters. The summed E-state index contributed by atoms with van der Waals surface area (Å²) in [6, 6.07) is 18.4. The van der Waals surface area contributed by atoms with Crippen LogP contribution in [0.25, 0.3) is 0 Å². The highest BCUT2D eigenvalue weighted by Crippen LogP contribution is 2.26. The van der Waals surface area contributed by atoms with Crippen LogP contribution in [0.3, 0.4) is 0 Å². The number of rotatable bonds is 5. The van der Waals surface area contributed by atoms with Gasteiger partial charge in [0.1, 0.15) is 12.4 Å². The normalized spacial score (nSPS) is 18.2. The van der Waals surface area contributed by atoms with E-state index in [1.165, 1.54) is 4.31 Å². The van der Waals surface area contributed by atoms with Crippen LogP contribution in [-0.2, 0) is 16.4 Å². The molecule has 0 aliphatic carbocycles. The van der Waals surface area contributed by atoms with E-state index in [9.17, 15) is 22.0 Å². The van der Waals surface area contributed by atoms with Crippen LogP contribution in [0.5, 0.6) is 5.75 Å². The van der Waals surface area contributed by atoms with Crippen molar-refractivity contribution in [3.8, 4) is 5.75 Å². The summed E-state index contributed by atoms with van der Waals surface area (Å²) >= 11 is 0. The van der Waals surface area contributed by atoms with Gasteiger partial charge in [-0.15, -0.1) is 0 Å². The minimum atomic E-state index is -4.20. The monoisotopic (exact) mass is 556 g/mol. The molecule has 3 aromatic carbocycles. The van der Waals surface area contributed by atoms with Crippen molar-refractivity contribution in [3.05, 3.63) is 95.6 Å². The largest absolute Gasteiger partial charge is 0.491 e. The lowest BCUT2D eigenvalue weighted by molar-refractivity contribution is 0.0754. The van der Waals surface area contributed by atoms with Gasteiger partial charge in [0, 0.05) is 19.6 Å². The highest BCUT2D eigenvalue weighted by atomic mass is 32.2. The van der Waals surface area contributed by atoms with Crippen LogP contribution < -0.4 is 4.74 Å². The van der Waals surface area contributed by atoms with E-state index in [4.69, 9.17) is 4.74 Å².